The van der Waals surface area contributed by atoms with Crippen molar-refractivity contribution in [3.8, 4) is 0 Å². The summed E-state index contributed by atoms with van der Waals surface area (Å²) in [5.41, 5.74) is 2.25. The van der Waals surface area contributed by atoms with E-state index in [0.717, 1.165) is 25.1 Å². The molecule has 0 saturated carbocycles. The molecule has 0 atom stereocenters. The van der Waals surface area contributed by atoms with E-state index < -0.39 is 0 Å². The van der Waals surface area contributed by atoms with Gasteiger partial charge in [-0.15, -0.1) is 0 Å². The number of fused-ring (bicyclic) bond motifs is 1. The molecule has 1 N–H and O–H groups in total. The maximum atomic E-state index is 11.6. The van der Waals surface area contributed by atoms with Gasteiger partial charge in [0.25, 0.3) is 5.56 Å². The van der Waals surface area contributed by atoms with Crippen LogP contribution in [0.5, 0.6) is 0 Å². The highest BCUT2D eigenvalue weighted by Gasteiger charge is 2.21. The number of nitrogens with one attached hydrogen (secondary N) is 1. The van der Waals surface area contributed by atoms with Crippen LogP contribution in [0.4, 0.5) is 0 Å². The minimum atomic E-state index is 0.0989. The van der Waals surface area contributed by atoms with Gasteiger partial charge in [-0.25, -0.2) is 0 Å². The van der Waals surface area contributed by atoms with E-state index in [2.05, 4.69) is 30.9 Å². The van der Waals surface area contributed by atoms with Crippen LogP contribution >= 0.6 is 0 Å². The minimum Gasteiger partial charge on any atom is -0.300 e. The van der Waals surface area contributed by atoms with Gasteiger partial charge in [-0.05, 0) is 27.3 Å². The van der Waals surface area contributed by atoms with Gasteiger partial charge in [0.15, 0.2) is 0 Å². The highest BCUT2D eigenvalue weighted by molar-refractivity contribution is 5.21. The molecule has 14 heavy (non-hydrogen) atoms. The molecule has 0 amide bonds. The average Bonchev–Trinajstić information content (AvgIpc) is 2.43. The van der Waals surface area contributed by atoms with Gasteiger partial charge in [0.1, 0.15) is 0 Å². The first kappa shape index (κ1) is 9.52. The number of aromatic amines is 1. The lowest BCUT2D eigenvalue weighted by molar-refractivity contribution is 0.296. The Labute approximate surface area is 83.5 Å². The van der Waals surface area contributed by atoms with Gasteiger partial charge >= 0.3 is 0 Å². The summed E-state index contributed by atoms with van der Waals surface area (Å²) in [6, 6.07) is 0.331. The van der Waals surface area contributed by atoms with Crippen LogP contribution in [0.15, 0.2) is 4.79 Å². The van der Waals surface area contributed by atoms with Gasteiger partial charge in [-0.2, -0.15) is 0 Å². The Kier molecular flexibility index (Phi) is 2.23. The zero-order chi connectivity index (χ0) is 10.3. The van der Waals surface area contributed by atoms with E-state index in [1.165, 1.54) is 5.69 Å². The van der Waals surface area contributed by atoms with Crippen molar-refractivity contribution in [2.45, 2.75) is 32.9 Å². The third-order valence-corrected chi connectivity index (χ3v) is 2.81. The van der Waals surface area contributed by atoms with Crippen molar-refractivity contribution in [3.63, 3.8) is 0 Å². The second-order valence-electron chi connectivity index (χ2n) is 4.32. The standard InChI is InChI=1S/C10H17N3O/c1-7(2)13-9-6-12(3)5-4-8(9)10(14)11-13/h7H,4-6H2,1-3H3,(H,11,14). The Morgan fingerprint density at radius 1 is 1.43 bits per heavy atom. The van der Waals surface area contributed by atoms with Crippen LogP contribution in [0.25, 0.3) is 0 Å². The van der Waals surface area contributed by atoms with Gasteiger partial charge in [0.2, 0.25) is 0 Å². The molecule has 2 heterocycles. The fourth-order valence-corrected chi connectivity index (χ4v) is 2.03. The first-order chi connectivity index (χ1) is 6.59. The number of aromatic nitrogens is 2. The molecule has 0 spiro atoms. The maximum absolute atomic E-state index is 11.6. The smallest absolute Gasteiger partial charge is 0.267 e. The highest BCUT2D eigenvalue weighted by atomic mass is 16.1. The minimum absolute atomic E-state index is 0.0989. The van der Waals surface area contributed by atoms with E-state index in [1.54, 1.807) is 0 Å². The molecular formula is C10H17N3O. The van der Waals surface area contributed by atoms with Crippen LogP contribution in [0.2, 0.25) is 0 Å². The van der Waals surface area contributed by atoms with Crippen molar-refractivity contribution in [3.05, 3.63) is 21.6 Å². The van der Waals surface area contributed by atoms with Crippen molar-refractivity contribution in [2.75, 3.05) is 13.6 Å². The Morgan fingerprint density at radius 2 is 2.14 bits per heavy atom. The molecule has 4 heteroatoms. The molecular weight excluding hydrogens is 178 g/mol. The first-order valence-corrected chi connectivity index (χ1v) is 5.10. The summed E-state index contributed by atoms with van der Waals surface area (Å²) in [6.45, 7) is 6.04. The molecule has 78 valence electrons. The van der Waals surface area contributed by atoms with Gasteiger partial charge < -0.3 is 4.90 Å². The molecule has 0 aromatic carbocycles. The fourth-order valence-electron chi connectivity index (χ4n) is 2.03. The molecule has 1 aromatic heterocycles. The summed E-state index contributed by atoms with van der Waals surface area (Å²) < 4.78 is 1.99. The van der Waals surface area contributed by atoms with Crippen LogP contribution in [-0.2, 0) is 13.0 Å². The predicted octanol–water partition coefficient (Wildman–Crippen LogP) is 0.745. The Hall–Kier alpha value is -1.03. The number of likely N-dealkylation sites (N-methyl/N-ethyl adjacent to an activating group) is 1. The molecule has 0 unspecified atom stereocenters. The van der Waals surface area contributed by atoms with Crippen LogP contribution in [0.3, 0.4) is 0 Å². The lowest BCUT2D eigenvalue weighted by Gasteiger charge is -2.24. The van der Waals surface area contributed by atoms with E-state index in [1.807, 2.05) is 4.68 Å². The summed E-state index contributed by atoms with van der Waals surface area (Å²) in [7, 11) is 2.09. The lowest BCUT2D eigenvalue weighted by atomic mass is 10.1. The molecule has 2 rings (SSSR count). The summed E-state index contributed by atoms with van der Waals surface area (Å²) >= 11 is 0. The molecule has 1 aromatic rings. The summed E-state index contributed by atoms with van der Waals surface area (Å²) in [5.74, 6) is 0. The highest BCUT2D eigenvalue weighted by Crippen LogP contribution is 2.17. The van der Waals surface area contributed by atoms with E-state index >= 15 is 0 Å². The normalized spacial score (nSPS) is 17.4. The van der Waals surface area contributed by atoms with Crippen molar-refractivity contribution in [1.82, 2.24) is 14.7 Å². The van der Waals surface area contributed by atoms with Crippen LogP contribution in [0, 0.1) is 0 Å². The number of rotatable bonds is 1. The topological polar surface area (TPSA) is 41.0 Å². The zero-order valence-electron chi connectivity index (χ0n) is 9.00. The molecule has 0 aliphatic carbocycles. The zero-order valence-corrected chi connectivity index (χ0v) is 9.00. The Morgan fingerprint density at radius 3 is 2.79 bits per heavy atom. The van der Waals surface area contributed by atoms with Crippen molar-refractivity contribution in [1.29, 1.82) is 0 Å². The number of hydrogen-bond acceptors (Lipinski definition) is 2. The average molecular weight is 195 g/mol. The second-order valence-corrected chi connectivity index (χ2v) is 4.32. The number of nitrogens with zero attached hydrogens (tertiary/aromatic N) is 2. The molecule has 1 aliphatic heterocycles. The summed E-state index contributed by atoms with van der Waals surface area (Å²) in [5, 5.41) is 2.91. The predicted molar refractivity (Wildman–Crippen MR) is 55.5 cm³/mol. The lowest BCUT2D eigenvalue weighted by Crippen LogP contribution is -2.29. The van der Waals surface area contributed by atoms with Crippen molar-refractivity contribution < 1.29 is 0 Å². The molecule has 4 nitrogen and oxygen atoms in total. The number of hydrogen-bond donors (Lipinski definition) is 1. The van der Waals surface area contributed by atoms with Gasteiger partial charge in [0, 0.05) is 24.7 Å². The monoisotopic (exact) mass is 195 g/mol. The third kappa shape index (κ3) is 1.39. The Bertz CT molecular complexity index is 389. The van der Waals surface area contributed by atoms with E-state index in [9.17, 15) is 4.79 Å². The van der Waals surface area contributed by atoms with E-state index in [-0.39, 0.29) is 5.56 Å². The van der Waals surface area contributed by atoms with Crippen molar-refractivity contribution >= 4 is 0 Å². The first-order valence-electron chi connectivity index (χ1n) is 5.10. The summed E-state index contributed by atoms with van der Waals surface area (Å²) in [4.78, 5) is 13.8. The number of H-pyrrole nitrogens is 1. The molecule has 0 fully saturated rings. The van der Waals surface area contributed by atoms with Crippen LogP contribution in [0.1, 0.15) is 31.1 Å². The van der Waals surface area contributed by atoms with Gasteiger partial charge in [0.05, 0.1) is 5.69 Å². The van der Waals surface area contributed by atoms with E-state index in [0.29, 0.717) is 6.04 Å². The van der Waals surface area contributed by atoms with Crippen molar-refractivity contribution in [2.24, 2.45) is 0 Å². The second kappa shape index (κ2) is 3.28. The van der Waals surface area contributed by atoms with Crippen LogP contribution < -0.4 is 5.56 Å². The Balaban J connectivity index is 2.50. The fraction of sp³-hybridized carbons (Fsp3) is 0.700. The van der Waals surface area contributed by atoms with E-state index in [4.69, 9.17) is 0 Å². The SMILES string of the molecule is CC(C)n1[nH]c(=O)c2c1CN(C)CC2. The molecule has 1 aliphatic rings. The third-order valence-electron chi connectivity index (χ3n) is 2.81. The largest absolute Gasteiger partial charge is 0.300 e. The maximum Gasteiger partial charge on any atom is 0.267 e. The van der Waals surface area contributed by atoms with Gasteiger partial charge in [-0.3, -0.25) is 14.6 Å². The van der Waals surface area contributed by atoms with Crippen LogP contribution in [-0.4, -0.2) is 28.3 Å². The molecule has 0 radical (unpaired) electrons. The molecule has 0 saturated heterocycles. The van der Waals surface area contributed by atoms with Gasteiger partial charge in [-0.1, -0.05) is 0 Å². The molecule has 0 bridgehead atoms. The quantitative estimate of drug-likeness (QED) is 0.718. The summed E-state index contributed by atoms with van der Waals surface area (Å²) in [6.07, 6.45) is 0.876.